The van der Waals surface area contributed by atoms with Crippen LogP contribution >= 0.6 is 15.9 Å². The number of fused-ring (bicyclic) bond motifs is 1. The quantitative estimate of drug-likeness (QED) is 0.811. The van der Waals surface area contributed by atoms with Gasteiger partial charge in [-0.15, -0.1) is 0 Å². The smallest absolute Gasteiger partial charge is 0.245 e. The first-order valence-corrected chi connectivity index (χ1v) is 8.01. The second-order valence-corrected chi connectivity index (χ2v) is 6.42. The largest absolute Gasteiger partial charge is 0.489 e. The molecule has 1 aliphatic carbocycles. The van der Waals surface area contributed by atoms with Gasteiger partial charge in [-0.3, -0.25) is 4.79 Å². The van der Waals surface area contributed by atoms with Crippen LogP contribution in [0.25, 0.3) is 0 Å². The molecule has 3 N–H and O–H groups in total. The molecule has 4 nitrogen and oxygen atoms in total. The summed E-state index contributed by atoms with van der Waals surface area (Å²) < 4.78 is 6.99. The average Bonchev–Trinajstić information content (AvgIpc) is 2.63. The van der Waals surface area contributed by atoms with E-state index in [2.05, 4.69) is 21.2 Å². The van der Waals surface area contributed by atoms with Crippen LogP contribution < -0.4 is 15.8 Å². The highest BCUT2D eigenvalue weighted by atomic mass is 79.9. The fourth-order valence-electron chi connectivity index (χ4n) is 2.92. The second kappa shape index (κ2) is 5.74. The van der Waals surface area contributed by atoms with E-state index in [1.54, 1.807) is 0 Å². The highest BCUT2D eigenvalue weighted by molar-refractivity contribution is 9.10. The number of ether oxygens (including phenoxy) is 1. The van der Waals surface area contributed by atoms with Crippen molar-refractivity contribution in [3.63, 3.8) is 0 Å². The van der Waals surface area contributed by atoms with Gasteiger partial charge in [0.1, 0.15) is 11.8 Å². The Morgan fingerprint density at radius 2 is 1.90 bits per heavy atom. The third-order valence-electron chi connectivity index (χ3n) is 4.08. The summed E-state index contributed by atoms with van der Waals surface area (Å²) in [5.74, 6) is 0.642. The number of nitrogens with one attached hydrogen (secondary N) is 1. The zero-order chi connectivity index (χ0) is 14.1. The lowest BCUT2D eigenvalue weighted by molar-refractivity contribution is -0.116. The van der Waals surface area contributed by atoms with Crippen LogP contribution in [-0.2, 0) is 4.79 Å². The number of benzene rings is 1. The van der Waals surface area contributed by atoms with Gasteiger partial charge in [-0.05, 0) is 47.7 Å². The first kappa shape index (κ1) is 13.9. The van der Waals surface area contributed by atoms with Gasteiger partial charge >= 0.3 is 0 Å². The summed E-state index contributed by atoms with van der Waals surface area (Å²) in [5, 5.41) is 2.80. The lowest BCUT2D eigenvalue weighted by Gasteiger charge is -2.19. The van der Waals surface area contributed by atoms with Crippen molar-refractivity contribution in [3.8, 4) is 5.75 Å². The number of carbonyl (C=O) groups excluding carboxylic acids is 1. The van der Waals surface area contributed by atoms with E-state index in [9.17, 15) is 4.79 Å². The number of nitrogens with two attached hydrogens (primary N) is 1. The number of halogens is 1. The highest BCUT2D eigenvalue weighted by Gasteiger charge is 2.29. The molecule has 5 heteroatoms. The Bertz CT molecular complexity index is 525. The van der Waals surface area contributed by atoms with Crippen molar-refractivity contribution in [2.45, 2.75) is 50.7 Å². The standard InChI is InChI=1S/C15H19BrN2O2/c16-11-7-10-12(18-15(19)14(10)17)8-13(11)20-9-5-3-1-2-4-6-9/h7-9,14H,1-6,17H2,(H,18,19). The van der Waals surface area contributed by atoms with Crippen LogP contribution in [0.2, 0.25) is 0 Å². The molecule has 1 amide bonds. The maximum Gasteiger partial charge on any atom is 0.245 e. The molecule has 1 heterocycles. The van der Waals surface area contributed by atoms with Crippen molar-refractivity contribution < 1.29 is 9.53 Å². The van der Waals surface area contributed by atoms with E-state index in [4.69, 9.17) is 10.5 Å². The monoisotopic (exact) mass is 338 g/mol. The van der Waals surface area contributed by atoms with Gasteiger partial charge in [0.05, 0.1) is 10.6 Å². The Morgan fingerprint density at radius 1 is 1.20 bits per heavy atom. The molecule has 108 valence electrons. The summed E-state index contributed by atoms with van der Waals surface area (Å²) in [4.78, 5) is 11.6. The molecule has 3 rings (SSSR count). The minimum absolute atomic E-state index is 0.154. The van der Waals surface area contributed by atoms with E-state index < -0.39 is 6.04 Å². The molecule has 1 unspecified atom stereocenters. The van der Waals surface area contributed by atoms with E-state index in [0.29, 0.717) is 0 Å². The number of hydrogen-bond acceptors (Lipinski definition) is 3. The van der Waals surface area contributed by atoms with Crippen LogP contribution in [0.4, 0.5) is 5.69 Å². The second-order valence-electron chi connectivity index (χ2n) is 5.57. The van der Waals surface area contributed by atoms with Gasteiger partial charge in [0.2, 0.25) is 5.91 Å². The summed E-state index contributed by atoms with van der Waals surface area (Å²) >= 11 is 3.52. The van der Waals surface area contributed by atoms with Gasteiger partial charge in [0.25, 0.3) is 0 Å². The molecule has 0 radical (unpaired) electrons. The molecule has 1 atom stereocenters. The SMILES string of the molecule is NC1C(=O)Nc2cc(OC3CCCCCC3)c(Br)cc21. The molecule has 20 heavy (non-hydrogen) atoms. The normalized spacial score (nSPS) is 23.1. The maximum absolute atomic E-state index is 11.6. The molecule has 0 bridgehead atoms. The molecule has 1 aromatic rings. The van der Waals surface area contributed by atoms with E-state index in [-0.39, 0.29) is 12.0 Å². The zero-order valence-corrected chi connectivity index (χ0v) is 12.9. The van der Waals surface area contributed by atoms with Crippen molar-refractivity contribution in [2.24, 2.45) is 5.73 Å². The molecule has 0 spiro atoms. The van der Waals surface area contributed by atoms with Crippen LogP contribution in [0.5, 0.6) is 5.75 Å². The summed E-state index contributed by atoms with van der Waals surface area (Å²) in [6.07, 6.45) is 7.55. The van der Waals surface area contributed by atoms with Crippen LogP contribution in [0.1, 0.15) is 50.1 Å². The summed E-state index contributed by atoms with van der Waals surface area (Å²) in [6, 6.07) is 3.20. The number of amides is 1. The topological polar surface area (TPSA) is 64.4 Å². The number of anilines is 1. The van der Waals surface area contributed by atoms with Gasteiger partial charge in [0, 0.05) is 17.3 Å². The van der Waals surface area contributed by atoms with Crippen molar-refractivity contribution in [2.75, 3.05) is 5.32 Å². The van der Waals surface area contributed by atoms with Crippen molar-refractivity contribution in [3.05, 3.63) is 22.2 Å². The maximum atomic E-state index is 11.6. The Balaban J connectivity index is 1.80. The highest BCUT2D eigenvalue weighted by Crippen LogP contribution is 2.39. The summed E-state index contributed by atoms with van der Waals surface area (Å²) in [5.41, 5.74) is 7.44. The predicted octanol–water partition coefficient (Wildman–Crippen LogP) is 3.50. The first-order chi connectivity index (χ1) is 9.65. The van der Waals surface area contributed by atoms with E-state index in [1.807, 2.05) is 12.1 Å². The molecule has 2 aliphatic rings. The van der Waals surface area contributed by atoms with Crippen LogP contribution in [0, 0.1) is 0 Å². The summed E-state index contributed by atoms with van der Waals surface area (Å²) in [6.45, 7) is 0. The molecule has 0 aromatic heterocycles. The average molecular weight is 339 g/mol. The van der Waals surface area contributed by atoms with Crippen molar-refractivity contribution in [1.82, 2.24) is 0 Å². The lowest BCUT2D eigenvalue weighted by atomic mass is 10.1. The van der Waals surface area contributed by atoms with Gasteiger partial charge in [0.15, 0.2) is 0 Å². The molecule has 0 saturated heterocycles. The van der Waals surface area contributed by atoms with Crippen LogP contribution in [0.3, 0.4) is 0 Å². The van der Waals surface area contributed by atoms with E-state index >= 15 is 0 Å². The minimum Gasteiger partial charge on any atom is -0.489 e. The van der Waals surface area contributed by atoms with Crippen LogP contribution in [-0.4, -0.2) is 12.0 Å². The molecule has 1 aliphatic heterocycles. The minimum atomic E-state index is -0.576. The van der Waals surface area contributed by atoms with E-state index in [0.717, 1.165) is 34.3 Å². The Hall–Kier alpha value is -1.07. The lowest BCUT2D eigenvalue weighted by Crippen LogP contribution is -2.19. The van der Waals surface area contributed by atoms with Crippen molar-refractivity contribution >= 4 is 27.5 Å². The third kappa shape index (κ3) is 2.69. The number of rotatable bonds is 2. The molecule has 1 fully saturated rings. The molecule has 1 saturated carbocycles. The zero-order valence-electron chi connectivity index (χ0n) is 11.3. The van der Waals surface area contributed by atoms with Gasteiger partial charge in [-0.2, -0.15) is 0 Å². The van der Waals surface area contributed by atoms with Gasteiger partial charge in [-0.25, -0.2) is 0 Å². The van der Waals surface area contributed by atoms with Crippen LogP contribution in [0.15, 0.2) is 16.6 Å². The Morgan fingerprint density at radius 3 is 2.60 bits per heavy atom. The fourth-order valence-corrected chi connectivity index (χ4v) is 3.37. The van der Waals surface area contributed by atoms with E-state index in [1.165, 1.54) is 25.7 Å². The Kier molecular flexibility index (Phi) is 3.98. The predicted molar refractivity (Wildman–Crippen MR) is 81.8 cm³/mol. The first-order valence-electron chi connectivity index (χ1n) is 7.21. The molecular weight excluding hydrogens is 320 g/mol. The van der Waals surface area contributed by atoms with Gasteiger partial charge in [-0.1, -0.05) is 12.8 Å². The summed E-state index contributed by atoms with van der Waals surface area (Å²) in [7, 11) is 0. The molecule has 1 aromatic carbocycles. The number of hydrogen-bond donors (Lipinski definition) is 2. The van der Waals surface area contributed by atoms with Crippen molar-refractivity contribution in [1.29, 1.82) is 0 Å². The third-order valence-corrected chi connectivity index (χ3v) is 4.69. The fraction of sp³-hybridized carbons (Fsp3) is 0.533. The van der Waals surface area contributed by atoms with Gasteiger partial charge < -0.3 is 15.8 Å². The molecular formula is C15H19BrN2O2. The Labute approximate surface area is 127 Å². The number of carbonyl (C=O) groups is 1.